The maximum Gasteiger partial charge on any atom is 0.304 e. The highest BCUT2D eigenvalue weighted by Crippen LogP contribution is 2.21. The van der Waals surface area contributed by atoms with E-state index in [2.05, 4.69) is 5.32 Å². The van der Waals surface area contributed by atoms with Crippen LogP contribution in [-0.2, 0) is 26.3 Å². The van der Waals surface area contributed by atoms with Gasteiger partial charge in [-0.1, -0.05) is 36.4 Å². The molecule has 0 saturated carbocycles. The molecule has 0 aliphatic rings. The maximum atomic E-state index is 14.4. The number of hydrogen-bond donors (Lipinski definition) is 1. The van der Waals surface area contributed by atoms with E-state index < -0.39 is 40.4 Å². The predicted molar refractivity (Wildman–Crippen MR) is 126 cm³/mol. The number of halogens is 1. The zero-order valence-corrected chi connectivity index (χ0v) is 20.3. The van der Waals surface area contributed by atoms with Gasteiger partial charge in [-0.25, -0.2) is 8.70 Å². The van der Waals surface area contributed by atoms with Crippen molar-refractivity contribution in [3.05, 3.63) is 66.0 Å². The van der Waals surface area contributed by atoms with Crippen LogP contribution in [0.3, 0.4) is 0 Å². The minimum absolute atomic E-state index is 0.166. The number of nitrogens with one attached hydrogen (secondary N) is 1. The summed E-state index contributed by atoms with van der Waals surface area (Å²) in [4.78, 5) is 27.3. The van der Waals surface area contributed by atoms with E-state index in [1.165, 1.54) is 44.1 Å². The smallest absolute Gasteiger partial charge is 0.304 e. The lowest BCUT2D eigenvalue weighted by Gasteiger charge is -2.33. The average Bonchev–Trinajstić information content (AvgIpc) is 2.76. The van der Waals surface area contributed by atoms with Crippen LogP contribution in [0.4, 0.5) is 10.1 Å². The summed E-state index contributed by atoms with van der Waals surface area (Å²) in [5, 5.41) is 2.75. The molecule has 2 rings (SSSR count). The third kappa shape index (κ3) is 6.75. The van der Waals surface area contributed by atoms with Crippen molar-refractivity contribution in [1.29, 1.82) is 0 Å². The standard InChI is InChI=1S/C23H31FN4O4S/c1-17(2)25-23(30)18(3)27(15-19-11-9-10-14-21(19)24)22(29)16-28(33(31,32)26(4)5)20-12-7-6-8-13-20/h6-14,17-18H,15-16H2,1-5H3,(H,25,30). The molecular formula is C23H31FN4O4S. The Labute approximate surface area is 195 Å². The maximum absolute atomic E-state index is 14.4. The summed E-state index contributed by atoms with van der Waals surface area (Å²) in [6.45, 7) is 4.35. The molecule has 0 aromatic heterocycles. The lowest BCUT2D eigenvalue weighted by molar-refractivity contribution is -0.139. The van der Waals surface area contributed by atoms with Crippen molar-refractivity contribution in [1.82, 2.24) is 14.5 Å². The normalized spacial score (nSPS) is 12.5. The van der Waals surface area contributed by atoms with Gasteiger partial charge in [-0.15, -0.1) is 0 Å². The summed E-state index contributed by atoms with van der Waals surface area (Å²) in [6, 6.07) is 13.0. The number of hydrogen-bond acceptors (Lipinski definition) is 4. The SMILES string of the molecule is CC(C)NC(=O)C(C)N(Cc1ccccc1F)C(=O)CN(c1ccccc1)S(=O)(=O)N(C)C. The fourth-order valence-corrected chi connectivity index (χ4v) is 4.16. The van der Waals surface area contributed by atoms with E-state index in [0.717, 1.165) is 8.61 Å². The number of rotatable bonds is 10. The molecule has 0 fully saturated rings. The van der Waals surface area contributed by atoms with Crippen molar-refractivity contribution in [2.75, 3.05) is 24.9 Å². The fraction of sp³-hybridized carbons (Fsp3) is 0.391. The number of nitrogens with zero attached hydrogens (tertiary/aromatic N) is 3. The predicted octanol–water partition coefficient (Wildman–Crippen LogP) is 2.38. The van der Waals surface area contributed by atoms with E-state index in [9.17, 15) is 22.4 Å². The Kier molecular flexibility index (Phi) is 8.95. The number of carbonyl (C=O) groups excluding carboxylic acids is 2. The summed E-state index contributed by atoms with van der Waals surface area (Å²) in [5.41, 5.74) is 0.515. The molecule has 33 heavy (non-hydrogen) atoms. The Bertz CT molecular complexity index is 1060. The molecular weight excluding hydrogens is 447 g/mol. The van der Waals surface area contributed by atoms with Crippen LogP contribution in [0.2, 0.25) is 0 Å². The van der Waals surface area contributed by atoms with Crippen molar-refractivity contribution in [2.24, 2.45) is 0 Å². The van der Waals surface area contributed by atoms with Crippen LogP contribution in [0.5, 0.6) is 0 Å². The van der Waals surface area contributed by atoms with Crippen molar-refractivity contribution in [2.45, 2.75) is 39.4 Å². The molecule has 1 atom stereocenters. The van der Waals surface area contributed by atoms with Gasteiger partial charge in [-0.05, 0) is 39.0 Å². The van der Waals surface area contributed by atoms with Crippen LogP contribution < -0.4 is 9.62 Å². The minimum atomic E-state index is -4.02. The Hall–Kier alpha value is -2.98. The van der Waals surface area contributed by atoms with Gasteiger partial charge >= 0.3 is 10.2 Å². The largest absolute Gasteiger partial charge is 0.352 e. The second kappa shape index (κ2) is 11.2. The van der Waals surface area contributed by atoms with Gasteiger partial charge < -0.3 is 10.2 Å². The molecule has 0 radical (unpaired) electrons. The minimum Gasteiger partial charge on any atom is -0.352 e. The zero-order chi connectivity index (χ0) is 24.8. The topological polar surface area (TPSA) is 90.0 Å². The molecule has 0 heterocycles. The Morgan fingerprint density at radius 2 is 1.55 bits per heavy atom. The summed E-state index contributed by atoms with van der Waals surface area (Å²) >= 11 is 0. The van der Waals surface area contributed by atoms with Crippen LogP contribution in [0.15, 0.2) is 54.6 Å². The highest BCUT2D eigenvalue weighted by molar-refractivity contribution is 7.90. The third-order valence-electron chi connectivity index (χ3n) is 4.96. The quantitative estimate of drug-likeness (QED) is 0.568. The van der Waals surface area contributed by atoms with Crippen LogP contribution in [0.25, 0.3) is 0 Å². The van der Waals surface area contributed by atoms with E-state index >= 15 is 0 Å². The lowest BCUT2D eigenvalue weighted by Crippen LogP contribution is -2.53. The van der Waals surface area contributed by atoms with E-state index in [4.69, 9.17) is 0 Å². The first-order chi connectivity index (χ1) is 15.4. The second-order valence-electron chi connectivity index (χ2n) is 8.08. The molecule has 2 amide bonds. The number of para-hydroxylation sites is 1. The van der Waals surface area contributed by atoms with Gasteiger partial charge in [0.1, 0.15) is 18.4 Å². The molecule has 0 aliphatic carbocycles. The van der Waals surface area contributed by atoms with E-state index in [0.29, 0.717) is 5.69 Å². The monoisotopic (exact) mass is 478 g/mol. The van der Waals surface area contributed by atoms with Gasteiger partial charge in [0.25, 0.3) is 0 Å². The van der Waals surface area contributed by atoms with E-state index in [1.54, 1.807) is 50.2 Å². The van der Waals surface area contributed by atoms with Crippen LogP contribution in [0.1, 0.15) is 26.3 Å². The van der Waals surface area contributed by atoms with Gasteiger partial charge in [-0.3, -0.25) is 9.59 Å². The summed E-state index contributed by atoms with van der Waals surface area (Å²) in [5.74, 6) is -1.58. The van der Waals surface area contributed by atoms with Gasteiger partial charge in [0, 0.05) is 32.2 Å². The number of carbonyl (C=O) groups is 2. The zero-order valence-electron chi connectivity index (χ0n) is 19.5. The molecule has 0 bridgehead atoms. The summed E-state index contributed by atoms with van der Waals surface area (Å²) in [7, 11) is -1.29. The lowest BCUT2D eigenvalue weighted by atomic mass is 10.1. The molecule has 0 aliphatic heterocycles. The van der Waals surface area contributed by atoms with Crippen molar-refractivity contribution >= 4 is 27.7 Å². The average molecular weight is 479 g/mol. The number of amides is 2. The molecule has 1 unspecified atom stereocenters. The molecule has 1 N–H and O–H groups in total. The van der Waals surface area contributed by atoms with Gasteiger partial charge in [0.2, 0.25) is 11.8 Å². The number of benzene rings is 2. The fourth-order valence-electron chi connectivity index (χ4n) is 3.11. The molecule has 8 nitrogen and oxygen atoms in total. The van der Waals surface area contributed by atoms with Crippen LogP contribution >= 0.6 is 0 Å². The second-order valence-corrected chi connectivity index (χ2v) is 10.2. The van der Waals surface area contributed by atoms with Gasteiger partial charge in [0.05, 0.1) is 5.69 Å². The van der Waals surface area contributed by atoms with Crippen molar-refractivity contribution in [3.63, 3.8) is 0 Å². The Morgan fingerprint density at radius 1 is 0.970 bits per heavy atom. The highest BCUT2D eigenvalue weighted by Gasteiger charge is 2.33. The Balaban J connectivity index is 2.44. The van der Waals surface area contributed by atoms with Crippen molar-refractivity contribution < 1.29 is 22.4 Å². The molecule has 2 aromatic carbocycles. The molecule has 0 spiro atoms. The van der Waals surface area contributed by atoms with Crippen LogP contribution in [-0.4, -0.2) is 62.2 Å². The first-order valence-electron chi connectivity index (χ1n) is 10.5. The third-order valence-corrected chi connectivity index (χ3v) is 6.78. The first-order valence-corrected chi connectivity index (χ1v) is 11.9. The van der Waals surface area contributed by atoms with Crippen LogP contribution in [0, 0.1) is 5.82 Å². The van der Waals surface area contributed by atoms with Crippen molar-refractivity contribution in [3.8, 4) is 0 Å². The van der Waals surface area contributed by atoms with E-state index in [-0.39, 0.29) is 18.2 Å². The molecule has 10 heteroatoms. The summed E-state index contributed by atoms with van der Waals surface area (Å²) < 4.78 is 42.3. The Morgan fingerprint density at radius 3 is 2.09 bits per heavy atom. The van der Waals surface area contributed by atoms with Gasteiger partial charge in [-0.2, -0.15) is 12.7 Å². The summed E-state index contributed by atoms with van der Waals surface area (Å²) in [6.07, 6.45) is 0. The molecule has 2 aromatic rings. The first kappa shape index (κ1) is 26.3. The molecule has 180 valence electrons. The van der Waals surface area contributed by atoms with E-state index in [1.807, 2.05) is 0 Å². The molecule has 0 saturated heterocycles. The number of anilines is 1. The van der Waals surface area contributed by atoms with Gasteiger partial charge in [0.15, 0.2) is 0 Å². The highest BCUT2D eigenvalue weighted by atomic mass is 32.2.